The molecule has 0 aromatic carbocycles. The van der Waals surface area contributed by atoms with Gasteiger partial charge in [0, 0.05) is 13.0 Å². The van der Waals surface area contributed by atoms with Crippen LogP contribution in [0.3, 0.4) is 0 Å². The minimum atomic E-state index is -4.35. The van der Waals surface area contributed by atoms with Crippen LogP contribution < -0.4 is 34.9 Å². The van der Waals surface area contributed by atoms with Crippen LogP contribution in [0.1, 0.15) is 78.6 Å². The molecule has 0 aromatic rings. The quantitative estimate of drug-likeness (QED) is 0.188. The molecule has 38 heavy (non-hydrogen) atoms. The second-order valence-electron chi connectivity index (χ2n) is 12.7. The zero-order valence-electron chi connectivity index (χ0n) is 23.4. The Hall–Kier alpha value is 0.180. The normalized spacial score (nSPS) is 42.6. The Balaban J connectivity index is 0.00000241. The van der Waals surface area contributed by atoms with E-state index in [1.807, 2.05) is 0 Å². The van der Waals surface area contributed by atoms with Crippen molar-refractivity contribution >= 4 is 16.0 Å². The summed E-state index contributed by atoms with van der Waals surface area (Å²) in [5.41, 5.74) is -0.267. The van der Waals surface area contributed by atoms with E-state index in [1.165, 1.54) is 0 Å². The number of aliphatic hydroxyl groups excluding tert-OH is 3. The van der Waals surface area contributed by atoms with Crippen molar-refractivity contribution in [1.29, 1.82) is 0 Å². The first kappa shape index (κ1) is 36.2. The summed E-state index contributed by atoms with van der Waals surface area (Å²) in [6.45, 7) is 6.48. The van der Waals surface area contributed by atoms with Gasteiger partial charge in [-0.3, -0.25) is 4.79 Å². The number of carbonyl (C=O) groups is 1. The van der Waals surface area contributed by atoms with Crippen LogP contribution in [0.2, 0.25) is 0 Å². The van der Waals surface area contributed by atoms with Crippen molar-refractivity contribution in [3.05, 3.63) is 0 Å². The van der Waals surface area contributed by atoms with E-state index >= 15 is 0 Å². The predicted octanol–water partition coefficient (Wildman–Crippen LogP) is -2.62. The number of carbonyl (C=O) groups excluding carboxylic acids is 1. The fraction of sp³-hybridized carbons (Fsp3) is 0.962. The summed E-state index contributed by atoms with van der Waals surface area (Å²) in [5.74, 6) is 0.522. The molecule has 0 radical (unpaired) electrons. The van der Waals surface area contributed by atoms with Gasteiger partial charge in [-0.05, 0) is 97.7 Å². The molecule has 8 N–H and O–H groups in total. The van der Waals surface area contributed by atoms with Gasteiger partial charge in [-0.15, -0.1) is 0 Å². The van der Waals surface area contributed by atoms with Crippen molar-refractivity contribution in [3.63, 3.8) is 0 Å². The number of hydrogen-bond donors (Lipinski definition) is 4. The van der Waals surface area contributed by atoms with Gasteiger partial charge in [-0.1, -0.05) is 20.8 Å². The molecule has 0 bridgehead atoms. The molecule has 0 saturated heterocycles. The number of aliphatic hydroxyl groups is 3. The average Bonchev–Trinajstić information content (AvgIpc) is 3.12. The number of amides is 1. The summed E-state index contributed by atoms with van der Waals surface area (Å²) < 4.78 is 32.2. The maximum Gasteiger partial charge on any atom is 1.00 e. The molecular formula is C26H48NNaO9S. The number of fused-ring (bicyclic) bond motifs is 5. The van der Waals surface area contributed by atoms with Gasteiger partial charge in [0.2, 0.25) is 5.91 Å². The minimum Gasteiger partial charge on any atom is -0.748 e. The second kappa shape index (κ2) is 13.4. The monoisotopic (exact) mass is 573 g/mol. The summed E-state index contributed by atoms with van der Waals surface area (Å²) in [5, 5.41) is 35.7. The Bertz CT molecular complexity index is 907. The van der Waals surface area contributed by atoms with Crippen molar-refractivity contribution in [2.24, 2.45) is 46.3 Å². The molecule has 4 aliphatic carbocycles. The van der Waals surface area contributed by atoms with E-state index in [9.17, 15) is 33.1 Å². The SMILES string of the molecule is CC(CCC(=O)NCCS(=O)(=O)[O-])C1CCC2C3C(O)CC4CC(O)CCC4(C)C3CC(O)C12C.O.O.[Na+]. The Morgan fingerprint density at radius 3 is 2.34 bits per heavy atom. The Morgan fingerprint density at radius 2 is 1.71 bits per heavy atom. The van der Waals surface area contributed by atoms with Gasteiger partial charge in [-0.25, -0.2) is 8.42 Å². The zero-order valence-corrected chi connectivity index (χ0v) is 26.2. The van der Waals surface area contributed by atoms with E-state index < -0.39 is 28.1 Å². The summed E-state index contributed by atoms with van der Waals surface area (Å²) >= 11 is 0. The Kier molecular flexibility index (Phi) is 12.8. The third kappa shape index (κ3) is 6.79. The van der Waals surface area contributed by atoms with Crippen LogP contribution in [0.5, 0.6) is 0 Å². The maximum atomic E-state index is 12.2. The van der Waals surface area contributed by atoms with Crippen molar-refractivity contribution in [3.8, 4) is 0 Å². The smallest absolute Gasteiger partial charge is 0.748 e. The van der Waals surface area contributed by atoms with Crippen molar-refractivity contribution in [2.75, 3.05) is 12.3 Å². The number of nitrogens with one attached hydrogen (secondary N) is 1. The van der Waals surface area contributed by atoms with Crippen molar-refractivity contribution in [1.82, 2.24) is 5.32 Å². The molecule has 4 fully saturated rings. The molecule has 0 spiro atoms. The average molecular weight is 574 g/mol. The van der Waals surface area contributed by atoms with Gasteiger partial charge in [0.1, 0.15) is 0 Å². The van der Waals surface area contributed by atoms with E-state index in [2.05, 4.69) is 26.1 Å². The molecular weight excluding hydrogens is 525 g/mol. The van der Waals surface area contributed by atoms with Gasteiger partial charge in [0.25, 0.3) is 0 Å². The predicted molar refractivity (Wildman–Crippen MR) is 137 cm³/mol. The molecule has 10 nitrogen and oxygen atoms in total. The van der Waals surface area contributed by atoms with Crippen molar-refractivity contribution in [2.45, 2.75) is 96.9 Å². The van der Waals surface area contributed by atoms with Crippen LogP contribution >= 0.6 is 0 Å². The standard InChI is InChI=1S/C26H45NO7S.Na.2H2O/c1-15(4-7-23(31)27-10-11-35(32,33)34)18-5-6-19-24-20(14-22(30)26(18,19)3)25(2)9-8-17(28)12-16(25)13-21(24)29;;;/h15-22,24,28-30H,4-14H2,1-3H3,(H,27,31)(H,32,33,34);;2*1H2/q;+1;;/p-1. The fourth-order valence-corrected chi connectivity index (χ4v) is 9.45. The van der Waals surface area contributed by atoms with Gasteiger partial charge >= 0.3 is 29.6 Å². The van der Waals surface area contributed by atoms with E-state index in [1.54, 1.807) is 0 Å². The van der Waals surface area contributed by atoms with Gasteiger partial charge in [-0.2, -0.15) is 0 Å². The molecule has 4 saturated carbocycles. The fourth-order valence-electron chi connectivity index (χ4n) is 9.10. The number of rotatable bonds is 7. The van der Waals surface area contributed by atoms with Crippen molar-refractivity contribution < 1.29 is 73.6 Å². The molecule has 11 atom stereocenters. The number of hydrogen-bond acceptors (Lipinski definition) is 7. The van der Waals surface area contributed by atoms with Gasteiger partial charge in [0.05, 0.1) is 34.2 Å². The Labute approximate surface area is 249 Å². The molecule has 1 amide bonds. The second-order valence-corrected chi connectivity index (χ2v) is 14.2. The molecule has 12 heteroatoms. The first-order chi connectivity index (χ1) is 16.3. The maximum absolute atomic E-state index is 12.2. The molecule has 218 valence electrons. The third-order valence-electron chi connectivity index (χ3n) is 11.0. The van der Waals surface area contributed by atoms with Crippen LogP contribution in [-0.2, 0) is 14.9 Å². The van der Waals surface area contributed by atoms with Crippen LogP contribution in [0.25, 0.3) is 0 Å². The first-order valence-corrected chi connectivity index (χ1v) is 15.1. The molecule has 0 heterocycles. The van der Waals surface area contributed by atoms with E-state index in [4.69, 9.17) is 0 Å². The minimum absolute atomic E-state index is 0. The first-order valence-electron chi connectivity index (χ1n) is 13.5. The van der Waals surface area contributed by atoms with Gasteiger partial charge in [0.15, 0.2) is 0 Å². The summed E-state index contributed by atoms with van der Waals surface area (Å²) in [7, 11) is -4.35. The summed E-state index contributed by atoms with van der Waals surface area (Å²) in [6, 6.07) is 0. The summed E-state index contributed by atoms with van der Waals surface area (Å²) in [6.07, 6.45) is 5.58. The van der Waals surface area contributed by atoms with E-state index in [0.29, 0.717) is 18.8 Å². The molecule has 11 unspecified atom stereocenters. The molecule has 0 aromatic heterocycles. The van der Waals surface area contributed by atoms with Gasteiger partial charge < -0.3 is 36.1 Å². The topological polar surface area (TPSA) is 210 Å². The van der Waals surface area contributed by atoms with Crippen LogP contribution in [0.15, 0.2) is 0 Å². The van der Waals surface area contributed by atoms with Crippen LogP contribution in [-0.4, -0.2) is 75.8 Å². The van der Waals surface area contributed by atoms with E-state index in [-0.39, 0.29) is 106 Å². The molecule has 4 rings (SSSR count). The molecule has 4 aliphatic rings. The zero-order chi connectivity index (χ0) is 25.8. The Morgan fingerprint density at radius 1 is 1.05 bits per heavy atom. The largest absolute Gasteiger partial charge is 1.00 e. The van der Waals surface area contributed by atoms with E-state index in [0.717, 1.165) is 38.5 Å². The van der Waals surface area contributed by atoms with Crippen LogP contribution in [0.4, 0.5) is 0 Å². The van der Waals surface area contributed by atoms with Crippen LogP contribution in [0, 0.1) is 46.3 Å². The summed E-state index contributed by atoms with van der Waals surface area (Å²) in [4.78, 5) is 12.2. The molecule has 0 aliphatic heterocycles. The third-order valence-corrected chi connectivity index (χ3v) is 11.7.